The Morgan fingerprint density at radius 1 is 1.10 bits per heavy atom. The fourth-order valence-electron chi connectivity index (χ4n) is 2.68. The standard InChI is InChI=1S/C20H12F3N3O2S/c21-20(22,23)14-6-2-3-7-15(14)25-18-13(17(27)26-19-24-9-10-29-19)11-12-5-1-4-8-16(12)28-18/h1-11H,(H,24,26,27). The van der Waals surface area contributed by atoms with E-state index in [-0.39, 0.29) is 16.8 Å². The van der Waals surface area contributed by atoms with Crippen LogP contribution >= 0.6 is 11.3 Å². The normalized spacial score (nSPS) is 12.3. The molecular formula is C20H12F3N3O2S. The van der Waals surface area contributed by atoms with Crippen LogP contribution in [0.25, 0.3) is 11.0 Å². The van der Waals surface area contributed by atoms with Crippen LogP contribution in [0, 0.1) is 0 Å². The van der Waals surface area contributed by atoms with Gasteiger partial charge in [0.2, 0.25) is 5.55 Å². The molecular weight excluding hydrogens is 403 g/mol. The number of nitrogens with zero attached hydrogens (tertiary/aromatic N) is 2. The molecule has 5 nitrogen and oxygen atoms in total. The average molecular weight is 415 g/mol. The van der Waals surface area contributed by atoms with Crippen LogP contribution in [0.15, 0.2) is 75.6 Å². The van der Waals surface area contributed by atoms with E-state index in [1.807, 2.05) is 0 Å². The van der Waals surface area contributed by atoms with Crippen LogP contribution in [-0.2, 0) is 6.18 Å². The molecule has 29 heavy (non-hydrogen) atoms. The van der Waals surface area contributed by atoms with E-state index in [9.17, 15) is 18.0 Å². The molecule has 0 saturated carbocycles. The van der Waals surface area contributed by atoms with Gasteiger partial charge in [0, 0.05) is 17.0 Å². The average Bonchev–Trinajstić information content (AvgIpc) is 3.20. The largest absolute Gasteiger partial charge is 0.438 e. The number of anilines is 1. The van der Waals surface area contributed by atoms with Gasteiger partial charge in [-0.2, -0.15) is 13.2 Å². The first-order valence-corrected chi connectivity index (χ1v) is 9.24. The molecule has 4 rings (SSSR count). The third kappa shape index (κ3) is 4.04. The zero-order chi connectivity index (χ0) is 20.4. The van der Waals surface area contributed by atoms with Crippen molar-refractivity contribution < 1.29 is 22.4 Å². The molecule has 0 aliphatic heterocycles. The van der Waals surface area contributed by atoms with E-state index in [0.717, 1.165) is 6.07 Å². The number of carbonyl (C=O) groups is 1. The maximum Gasteiger partial charge on any atom is 0.418 e. The van der Waals surface area contributed by atoms with E-state index in [0.29, 0.717) is 16.1 Å². The maximum absolute atomic E-state index is 13.3. The van der Waals surface area contributed by atoms with Crippen LogP contribution in [-0.4, -0.2) is 10.9 Å². The minimum atomic E-state index is -4.60. The van der Waals surface area contributed by atoms with E-state index in [4.69, 9.17) is 4.42 Å². The molecule has 1 N–H and O–H groups in total. The molecule has 2 aromatic carbocycles. The lowest BCUT2D eigenvalue weighted by atomic mass is 10.1. The number of carbonyl (C=O) groups excluding carboxylic acids is 1. The topological polar surface area (TPSA) is 67.5 Å². The molecule has 0 saturated heterocycles. The summed E-state index contributed by atoms with van der Waals surface area (Å²) in [5.74, 6) is -0.585. The smallest absolute Gasteiger partial charge is 0.418 e. The quantitative estimate of drug-likeness (QED) is 0.488. The van der Waals surface area contributed by atoms with Crippen molar-refractivity contribution in [2.24, 2.45) is 4.99 Å². The number of halogens is 3. The highest BCUT2D eigenvalue weighted by molar-refractivity contribution is 7.13. The predicted molar refractivity (Wildman–Crippen MR) is 103 cm³/mol. The summed E-state index contributed by atoms with van der Waals surface area (Å²) >= 11 is 1.21. The van der Waals surface area contributed by atoms with Crippen LogP contribution in [0.4, 0.5) is 24.0 Å². The Balaban J connectivity index is 1.91. The lowest BCUT2D eigenvalue weighted by molar-refractivity contribution is -0.137. The number of rotatable bonds is 3. The van der Waals surface area contributed by atoms with Crippen LogP contribution < -0.4 is 10.9 Å². The SMILES string of the molecule is O=C(Nc1nccs1)c1cc2ccccc2oc1=Nc1ccccc1C(F)(F)F. The van der Waals surface area contributed by atoms with Crippen molar-refractivity contribution in [2.75, 3.05) is 5.32 Å². The Bertz CT molecular complexity index is 1250. The van der Waals surface area contributed by atoms with Crippen molar-refractivity contribution in [2.45, 2.75) is 6.18 Å². The molecule has 0 bridgehead atoms. The number of thiazole rings is 1. The second-order valence-electron chi connectivity index (χ2n) is 5.92. The highest BCUT2D eigenvalue weighted by Gasteiger charge is 2.33. The predicted octanol–water partition coefficient (Wildman–Crippen LogP) is 5.39. The van der Waals surface area contributed by atoms with E-state index in [1.54, 1.807) is 29.6 Å². The zero-order valence-corrected chi connectivity index (χ0v) is 15.4. The fourth-order valence-corrected chi connectivity index (χ4v) is 3.21. The third-order valence-electron chi connectivity index (χ3n) is 3.98. The van der Waals surface area contributed by atoms with Gasteiger partial charge in [-0.25, -0.2) is 9.98 Å². The monoisotopic (exact) mass is 415 g/mol. The van der Waals surface area contributed by atoms with Gasteiger partial charge in [0.05, 0.1) is 11.3 Å². The number of aromatic nitrogens is 1. The molecule has 0 radical (unpaired) electrons. The molecule has 0 fully saturated rings. The van der Waals surface area contributed by atoms with Gasteiger partial charge in [0.15, 0.2) is 5.13 Å². The molecule has 2 aromatic heterocycles. The molecule has 9 heteroatoms. The molecule has 2 heterocycles. The van der Waals surface area contributed by atoms with Gasteiger partial charge in [-0.05, 0) is 24.3 Å². The molecule has 0 aliphatic rings. The summed E-state index contributed by atoms with van der Waals surface area (Å²) in [6.45, 7) is 0. The van der Waals surface area contributed by atoms with Crippen molar-refractivity contribution in [1.29, 1.82) is 0 Å². The Morgan fingerprint density at radius 2 is 1.86 bits per heavy atom. The number of benzene rings is 2. The van der Waals surface area contributed by atoms with Crippen molar-refractivity contribution in [1.82, 2.24) is 4.98 Å². The summed E-state index contributed by atoms with van der Waals surface area (Å²) < 4.78 is 45.7. The maximum atomic E-state index is 13.3. The molecule has 0 atom stereocenters. The van der Waals surface area contributed by atoms with Crippen molar-refractivity contribution >= 4 is 39.0 Å². The van der Waals surface area contributed by atoms with Gasteiger partial charge in [-0.15, -0.1) is 11.3 Å². The molecule has 1 amide bonds. The van der Waals surface area contributed by atoms with Crippen molar-refractivity contribution in [3.8, 4) is 0 Å². The lowest BCUT2D eigenvalue weighted by Gasteiger charge is -2.09. The molecule has 0 spiro atoms. The number of para-hydroxylation sites is 2. The van der Waals surface area contributed by atoms with Gasteiger partial charge in [0.25, 0.3) is 5.91 Å². The lowest BCUT2D eigenvalue weighted by Crippen LogP contribution is -2.21. The second-order valence-corrected chi connectivity index (χ2v) is 6.82. The fraction of sp³-hybridized carbons (Fsp3) is 0.0500. The van der Waals surface area contributed by atoms with Gasteiger partial charge in [0.1, 0.15) is 11.1 Å². The van der Waals surface area contributed by atoms with Crippen LogP contribution in [0.5, 0.6) is 0 Å². The van der Waals surface area contributed by atoms with E-state index in [1.165, 1.54) is 41.8 Å². The van der Waals surface area contributed by atoms with E-state index < -0.39 is 17.6 Å². The first-order chi connectivity index (χ1) is 13.9. The van der Waals surface area contributed by atoms with E-state index in [2.05, 4.69) is 15.3 Å². The van der Waals surface area contributed by atoms with Gasteiger partial charge >= 0.3 is 6.18 Å². The van der Waals surface area contributed by atoms with Crippen LogP contribution in [0.1, 0.15) is 15.9 Å². The number of alkyl halides is 3. The van der Waals surface area contributed by atoms with E-state index >= 15 is 0 Å². The number of nitrogens with one attached hydrogen (secondary N) is 1. The highest BCUT2D eigenvalue weighted by Crippen LogP contribution is 2.35. The molecule has 146 valence electrons. The van der Waals surface area contributed by atoms with Crippen molar-refractivity contribution in [3.05, 3.63) is 82.9 Å². The van der Waals surface area contributed by atoms with Crippen molar-refractivity contribution in [3.63, 3.8) is 0 Å². The highest BCUT2D eigenvalue weighted by atomic mass is 32.1. The Kier molecular flexibility index (Phi) is 4.89. The Morgan fingerprint density at radius 3 is 2.62 bits per heavy atom. The number of hydrogen-bond acceptors (Lipinski definition) is 5. The zero-order valence-electron chi connectivity index (χ0n) is 14.6. The minimum absolute atomic E-state index is 0.00382. The Labute approximate surface area is 166 Å². The molecule has 4 aromatic rings. The van der Waals surface area contributed by atoms with Crippen LogP contribution in [0.2, 0.25) is 0 Å². The first kappa shape index (κ1) is 18.9. The summed E-state index contributed by atoms with van der Waals surface area (Å²) in [6.07, 6.45) is -3.07. The summed E-state index contributed by atoms with van der Waals surface area (Å²) in [6, 6.07) is 13.2. The number of amides is 1. The number of fused-ring (bicyclic) bond motifs is 1. The molecule has 0 unspecified atom stereocenters. The summed E-state index contributed by atoms with van der Waals surface area (Å²) in [7, 11) is 0. The Hall–Kier alpha value is -3.46. The number of hydrogen-bond donors (Lipinski definition) is 1. The summed E-state index contributed by atoms with van der Waals surface area (Å²) in [5, 5.41) is 5.25. The van der Waals surface area contributed by atoms with Gasteiger partial charge in [-0.3, -0.25) is 10.1 Å². The van der Waals surface area contributed by atoms with Gasteiger partial charge in [-0.1, -0.05) is 30.3 Å². The first-order valence-electron chi connectivity index (χ1n) is 8.36. The summed E-state index contributed by atoms with van der Waals surface area (Å²) in [5.41, 5.74) is -1.11. The summed E-state index contributed by atoms with van der Waals surface area (Å²) in [4.78, 5) is 20.8. The third-order valence-corrected chi connectivity index (χ3v) is 4.67. The molecule has 0 aliphatic carbocycles. The van der Waals surface area contributed by atoms with Gasteiger partial charge < -0.3 is 4.42 Å². The minimum Gasteiger partial charge on any atom is -0.438 e. The van der Waals surface area contributed by atoms with Crippen LogP contribution in [0.3, 0.4) is 0 Å². The second kappa shape index (κ2) is 7.51.